The molecule has 120 valence electrons. The van der Waals surface area contributed by atoms with Crippen molar-refractivity contribution in [3.05, 3.63) is 35.4 Å². The highest BCUT2D eigenvalue weighted by molar-refractivity contribution is 6.36. The van der Waals surface area contributed by atoms with Crippen LogP contribution in [0.2, 0.25) is 0 Å². The molecule has 1 aromatic rings. The van der Waals surface area contributed by atoms with Gasteiger partial charge in [-0.1, -0.05) is 12.1 Å². The molecule has 0 aromatic heterocycles. The fourth-order valence-corrected chi connectivity index (χ4v) is 1.67. The third-order valence-corrected chi connectivity index (χ3v) is 2.82. The number of Topliss-reactive ketones (excluding diaryl/α,β-unsaturated/α-hetero) is 1. The lowest BCUT2D eigenvalue weighted by molar-refractivity contribution is -0.153. The number of methoxy groups -OCH3 is 1. The second kappa shape index (κ2) is 7.06. The van der Waals surface area contributed by atoms with Gasteiger partial charge in [0.2, 0.25) is 11.7 Å². The van der Waals surface area contributed by atoms with Gasteiger partial charge in [-0.25, -0.2) is 4.79 Å². The van der Waals surface area contributed by atoms with Gasteiger partial charge in [-0.05, 0) is 17.7 Å². The predicted molar refractivity (Wildman–Crippen MR) is 69.6 cm³/mol. The van der Waals surface area contributed by atoms with Crippen LogP contribution in [0.3, 0.4) is 0 Å². The molecule has 22 heavy (non-hydrogen) atoms. The standard InChI is InChI=1S/C14H14F3NO4/c1-18(12(20)7-11(19)13(21)22-2)8-9-4-3-5-10(6-9)14(15,16)17/h3-6H,7-8H2,1-2H3. The second-order valence-corrected chi connectivity index (χ2v) is 4.54. The van der Waals surface area contributed by atoms with E-state index < -0.39 is 35.8 Å². The number of hydrogen-bond acceptors (Lipinski definition) is 4. The summed E-state index contributed by atoms with van der Waals surface area (Å²) >= 11 is 0. The van der Waals surface area contributed by atoms with Crippen molar-refractivity contribution in [1.82, 2.24) is 4.90 Å². The van der Waals surface area contributed by atoms with Crippen LogP contribution in [0.15, 0.2) is 24.3 Å². The monoisotopic (exact) mass is 317 g/mol. The van der Waals surface area contributed by atoms with Crippen LogP contribution < -0.4 is 0 Å². The Balaban J connectivity index is 2.72. The first-order valence-corrected chi connectivity index (χ1v) is 6.16. The van der Waals surface area contributed by atoms with Gasteiger partial charge in [0.15, 0.2) is 0 Å². The number of nitrogens with zero attached hydrogens (tertiary/aromatic N) is 1. The zero-order valence-corrected chi connectivity index (χ0v) is 11.9. The van der Waals surface area contributed by atoms with Gasteiger partial charge in [0, 0.05) is 13.6 Å². The first kappa shape index (κ1) is 17.7. The number of amides is 1. The maximum atomic E-state index is 12.6. The Labute approximate surface area is 124 Å². The Morgan fingerprint density at radius 1 is 1.23 bits per heavy atom. The van der Waals surface area contributed by atoms with Crippen molar-refractivity contribution in [3.8, 4) is 0 Å². The normalized spacial score (nSPS) is 11.0. The number of alkyl halides is 3. The lowest BCUT2D eigenvalue weighted by Gasteiger charge is -2.17. The molecule has 0 atom stereocenters. The summed E-state index contributed by atoms with van der Waals surface area (Å²) in [5.74, 6) is -2.84. The molecule has 0 saturated heterocycles. The SMILES string of the molecule is COC(=O)C(=O)CC(=O)N(C)Cc1cccc(C(F)(F)F)c1. The van der Waals surface area contributed by atoms with E-state index in [2.05, 4.69) is 4.74 Å². The second-order valence-electron chi connectivity index (χ2n) is 4.54. The summed E-state index contributed by atoms with van der Waals surface area (Å²) in [4.78, 5) is 35.0. The molecule has 0 spiro atoms. The van der Waals surface area contributed by atoms with E-state index in [0.717, 1.165) is 24.1 Å². The first-order chi connectivity index (χ1) is 10.1. The van der Waals surface area contributed by atoms with Gasteiger partial charge >= 0.3 is 12.1 Å². The quantitative estimate of drug-likeness (QED) is 0.472. The predicted octanol–water partition coefficient (Wildman–Crippen LogP) is 1.80. The maximum Gasteiger partial charge on any atom is 0.416 e. The van der Waals surface area contributed by atoms with Crippen LogP contribution in [0.5, 0.6) is 0 Å². The lowest BCUT2D eigenvalue weighted by Crippen LogP contribution is -2.30. The van der Waals surface area contributed by atoms with Gasteiger partial charge in [0.25, 0.3) is 0 Å². The molecule has 0 aliphatic rings. The Morgan fingerprint density at radius 3 is 2.41 bits per heavy atom. The smallest absolute Gasteiger partial charge is 0.416 e. The molecule has 8 heteroatoms. The molecule has 0 unspecified atom stereocenters. The summed E-state index contributed by atoms with van der Waals surface area (Å²) in [6, 6.07) is 4.51. The van der Waals surface area contributed by atoms with Crippen molar-refractivity contribution < 1.29 is 32.3 Å². The molecule has 1 aromatic carbocycles. The number of rotatable bonds is 5. The van der Waals surface area contributed by atoms with Gasteiger partial charge in [-0.2, -0.15) is 13.2 Å². The van der Waals surface area contributed by atoms with Crippen LogP contribution >= 0.6 is 0 Å². The molecule has 1 amide bonds. The Morgan fingerprint density at radius 2 is 1.86 bits per heavy atom. The van der Waals surface area contributed by atoms with Gasteiger partial charge in [0.05, 0.1) is 19.1 Å². The highest BCUT2D eigenvalue weighted by atomic mass is 19.4. The Hall–Kier alpha value is -2.38. The van der Waals surface area contributed by atoms with E-state index in [9.17, 15) is 27.6 Å². The summed E-state index contributed by atoms with van der Waals surface area (Å²) < 4.78 is 41.9. The van der Waals surface area contributed by atoms with E-state index in [1.165, 1.54) is 19.2 Å². The molecule has 0 N–H and O–H groups in total. The molecule has 0 aliphatic heterocycles. The number of benzene rings is 1. The molecular weight excluding hydrogens is 303 g/mol. The lowest BCUT2D eigenvalue weighted by atomic mass is 10.1. The zero-order valence-electron chi connectivity index (χ0n) is 11.9. The zero-order chi connectivity index (χ0) is 16.9. The number of halogens is 3. The van der Waals surface area contributed by atoms with Crippen molar-refractivity contribution in [3.63, 3.8) is 0 Å². The third-order valence-electron chi connectivity index (χ3n) is 2.82. The summed E-state index contributed by atoms with van der Waals surface area (Å²) in [7, 11) is 2.34. The largest absolute Gasteiger partial charge is 0.463 e. The van der Waals surface area contributed by atoms with Crippen LogP contribution in [0.1, 0.15) is 17.5 Å². The van der Waals surface area contributed by atoms with Gasteiger partial charge in [0.1, 0.15) is 0 Å². The average Bonchev–Trinajstić information content (AvgIpc) is 2.45. The number of hydrogen-bond donors (Lipinski definition) is 0. The summed E-state index contributed by atoms with van der Waals surface area (Å²) in [6.07, 6.45) is -5.17. The Kier molecular flexibility index (Phi) is 5.67. The van der Waals surface area contributed by atoms with E-state index in [4.69, 9.17) is 0 Å². The van der Waals surface area contributed by atoms with Crippen molar-refractivity contribution in [1.29, 1.82) is 0 Å². The molecule has 0 bridgehead atoms. The summed E-state index contributed by atoms with van der Waals surface area (Å²) in [6.45, 7) is -0.114. The van der Waals surface area contributed by atoms with E-state index in [1.807, 2.05) is 0 Å². The van der Waals surface area contributed by atoms with Crippen LogP contribution in [0.4, 0.5) is 13.2 Å². The molecular formula is C14H14F3NO4. The minimum atomic E-state index is -4.47. The third kappa shape index (κ3) is 4.87. The summed E-state index contributed by atoms with van der Waals surface area (Å²) in [5, 5.41) is 0. The molecule has 0 fully saturated rings. The van der Waals surface area contributed by atoms with Crippen LogP contribution in [-0.2, 0) is 31.8 Å². The Bertz CT molecular complexity index is 584. The minimum absolute atomic E-state index is 0.114. The molecule has 0 radical (unpaired) electrons. The first-order valence-electron chi connectivity index (χ1n) is 6.16. The van der Waals surface area contributed by atoms with Crippen LogP contribution in [-0.4, -0.2) is 36.7 Å². The fourth-order valence-electron chi connectivity index (χ4n) is 1.67. The molecule has 1 rings (SSSR count). The molecule has 0 saturated carbocycles. The van der Waals surface area contributed by atoms with Gasteiger partial charge in [-0.3, -0.25) is 9.59 Å². The number of ether oxygens (including phenoxy) is 1. The van der Waals surface area contributed by atoms with Gasteiger partial charge < -0.3 is 9.64 Å². The van der Waals surface area contributed by atoms with Crippen LogP contribution in [0, 0.1) is 0 Å². The highest BCUT2D eigenvalue weighted by Gasteiger charge is 2.30. The van der Waals surface area contributed by atoms with E-state index >= 15 is 0 Å². The summed E-state index contributed by atoms with van der Waals surface area (Å²) in [5.41, 5.74) is -0.562. The van der Waals surface area contributed by atoms with E-state index in [1.54, 1.807) is 0 Å². The molecule has 0 heterocycles. The van der Waals surface area contributed by atoms with Crippen LogP contribution in [0.25, 0.3) is 0 Å². The van der Waals surface area contributed by atoms with E-state index in [0.29, 0.717) is 0 Å². The number of carbonyl (C=O) groups excluding carboxylic acids is 3. The average molecular weight is 317 g/mol. The van der Waals surface area contributed by atoms with Crippen molar-refractivity contribution >= 4 is 17.7 Å². The van der Waals surface area contributed by atoms with Crippen molar-refractivity contribution in [2.24, 2.45) is 0 Å². The number of esters is 1. The van der Waals surface area contributed by atoms with E-state index in [-0.39, 0.29) is 12.1 Å². The van der Waals surface area contributed by atoms with Crippen molar-refractivity contribution in [2.45, 2.75) is 19.1 Å². The molecule has 0 aliphatic carbocycles. The topological polar surface area (TPSA) is 63.7 Å². The molecule has 5 nitrogen and oxygen atoms in total. The van der Waals surface area contributed by atoms with Crippen molar-refractivity contribution in [2.75, 3.05) is 14.2 Å². The highest BCUT2D eigenvalue weighted by Crippen LogP contribution is 2.29. The maximum absolute atomic E-state index is 12.6. The number of ketones is 1. The van der Waals surface area contributed by atoms with Gasteiger partial charge in [-0.15, -0.1) is 0 Å². The minimum Gasteiger partial charge on any atom is -0.463 e. The fraction of sp³-hybridized carbons (Fsp3) is 0.357. The number of carbonyl (C=O) groups is 3.